The minimum atomic E-state index is -4.50. The second kappa shape index (κ2) is 10.4. The van der Waals surface area contributed by atoms with E-state index in [1.807, 2.05) is 6.92 Å². The Morgan fingerprint density at radius 1 is 0.944 bits per heavy atom. The number of ether oxygens (including phenoxy) is 2. The first-order valence-corrected chi connectivity index (χ1v) is 12.0. The third-order valence-electron chi connectivity index (χ3n) is 6.63. The van der Waals surface area contributed by atoms with Crippen LogP contribution in [0.25, 0.3) is 0 Å². The summed E-state index contributed by atoms with van der Waals surface area (Å²) in [7, 11) is 0. The lowest BCUT2D eigenvalue weighted by atomic mass is 9.78. The zero-order chi connectivity index (χ0) is 26.1. The molecular formula is C25H28F6N2O3. The number of hydrogen-bond acceptors (Lipinski definition) is 5. The fourth-order valence-electron chi connectivity index (χ4n) is 4.76. The zero-order valence-electron chi connectivity index (χ0n) is 19.9. The second-order valence-corrected chi connectivity index (χ2v) is 9.33. The number of hydrogen-bond donors (Lipinski definition) is 0. The Balaban J connectivity index is 1.49. The van der Waals surface area contributed by atoms with Crippen molar-refractivity contribution in [2.75, 3.05) is 6.61 Å². The average molecular weight is 518 g/mol. The monoisotopic (exact) mass is 518 g/mol. The molecule has 0 amide bonds. The molecule has 1 aromatic heterocycles. The summed E-state index contributed by atoms with van der Waals surface area (Å²) >= 11 is 0. The van der Waals surface area contributed by atoms with E-state index < -0.39 is 23.5 Å². The zero-order valence-corrected chi connectivity index (χ0v) is 19.9. The van der Waals surface area contributed by atoms with Crippen molar-refractivity contribution in [2.24, 2.45) is 5.92 Å². The van der Waals surface area contributed by atoms with Crippen LogP contribution in [0.4, 0.5) is 26.3 Å². The Hall–Kier alpha value is -2.69. The fraction of sp³-hybridized carbons (Fsp3) is 0.560. The van der Waals surface area contributed by atoms with E-state index in [1.165, 1.54) is 12.1 Å². The Kier molecular flexibility index (Phi) is 7.59. The summed E-state index contributed by atoms with van der Waals surface area (Å²) in [6, 6.07) is 5.19. The van der Waals surface area contributed by atoms with Crippen molar-refractivity contribution in [3.05, 3.63) is 47.7 Å². The van der Waals surface area contributed by atoms with E-state index in [0.29, 0.717) is 19.3 Å². The summed E-state index contributed by atoms with van der Waals surface area (Å²) in [4.78, 5) is 9.76. The van der Waals surface area contributed by atoms with Gasteiger partial charge in [0.25, 0.3) is 0 Å². The van der Waals surface area contributed by atoms with Crippen LogP contribution in [0.15, 0.2) is 36.5 Å². The summed E-state index contributed by atoms with van der Waals surface area (Å²) < 4.78 is 89.9. The number of pyridine rings is 1. The molecule has 2 aliphatic heterocycles. The number of nitrogens with zero attached hydrogens (tertiary/aromatic N) is 2. The van der Waals surface area contributed by atoms with Crippen LogP contribution in [0.1, 0.15) is 57.1 Å². The molecule has 0 aliphatic carbocycles. The molecule has 1 aromatic carbocycles. The molecule has 11 heteroatoms. The van der Waals surface area contributed by atoms with Gasteiger partial charge in [0.2, 0.25) is 5.88 Å². The molecule has 4 rings (SSSR count). The van der Waals surface area contributed by atoms with Gasteiger partial charge in [-0.1, -0.05) is 13.8 Å². The van der Waals surface area contributed by atoms with Crippen LogP contribution in [-0.2, 0) is 12.4 Å². The number of benzene rings is 1. The normalized spacial score (nSPS) is 24.9. The van der Waals surface area contributed by atoms with Crippen LogP contribution in [0.2, 0.25) is 0 Å². The Morgan fingerprint density at radius 3 is 2.31 bits per heavy atom. The van der Waals surface area contributed by atoms with Crippen molar-refractivity contribution < 1.29 is 40.7 Å². The molecule has 0 N–H and O–H groups in total. The van der Waals surface area contributed by atoms with Gasteiger partial charge in [-0.15, -0.1) is 5.06 Å². The van der Waals surface area contributed by atoms with Crippen LogP contribution in [0, 0.1) is 5.92 Å². The minimum absolute atomic E-state index is 0.0533. The molecule has 36 heavy (non-hydrogen) atoms. The van der Waals surface area contributed by atoms with E-state index in [2.05, 4.69) is 11.9 Å². The molecule has 0 saturated carbocycles. The highest BCUT2D eigenvalue weighted by Gasteiger charge is 2.45. The maximum atomic E-state index is 13.2. The number of fused-ring (bicyclic) bond motifs is 2. The maximum Gasteiger partial charge on any atom is 0.417 e. The summed E-state index contributed by atoms with van der Waals surface area (Å²) in [6.45, 7) is 4.18. The smallest absolute Gasteiger partial charge is 0.417 e. The largest absolute Gasteiger partial charge is 0.490 e. The highest BCUT2D eigenvalue weighted by Crippen LogP contribution is 2.42. The van der Waals surface area contributed by atoms with E-state index in [0.717, 1.165) is 37.2 Å². The van der Waals surface area contributed by atoms with Crippen molar-refractivity contribution in [3.8, 4) is 17.4 Å². The molecule has 2 aliphatic rings. The minimum Gasteiger partial charge on any atom is -0.490 e. The molecule has 4 atom stereocenters. The van der Waals surface area contributed by atoms with Gasteiger partial charge in [0.15, 0.2) is 11.5 Å². The molecule has 198 valence electrons. The Morgan fingerprint density at radius 2 is 1.67 bits per heavy atom. The standard InChI is InChI=1S/C25H28F6N2O3/c1-3-10-34-22-11-16(24(26,27)28)5-8-21(22)35-19-12-18-7-4-15(2)20(13-19)33(18)36-23-9-6-17(14-32-23)25(29,30)31/h5-6,8-9,11,14-15,18-20H,3-4,7,10,12-13H2,1-2H3/t15-,18+,19-,20+/m1/s1. The van der Waals surface area contributed by atoms with Crippen molar-refractivity contribution in [3.63, 3.8) is 0 Å². The number of hydroxylamine groups is 2. The molecule has 2 saturated heterocycles. The number of aromatic nitrogens is 1. The maximum absolute atomic E-state index is 13.2. The number of halogens is 6. The van der Waals surface area contributed by atoms with Crippen LogP contribution in [0.3, 0.4) is 0 Å². The molecule has 0 radical (unpaired) electrons. The topological polar surface area (TPSA) is 43.8 Å². The van der Waals surface area contributed by atoms with Gasteiger partial charge in [0.1, 0.15) is 6.10 Å². The Labute approximate surface area is 205 Å². The van der Waals surface area contributed by atoms with Gasteiger partial charge >= 0.3 is 12.4 Å². The lowest BCUT2D eigenvalue weighted by Crippen LogP contribution is -2.58. The van der Waals surface area contributed by atoms with Crippen LogP contribution >= 0.6 is 0 Å². The molecule has 5 nitrogen and oxygen atoms in total. The van der Waals surface area contributed by atoms with Gasteiger partial charge in [0, 0.05) is 31.1 Å². The third-order valence-corrected chi connectivity index (χ3v) is 6.63. The molecule has 2 aromatic rings. The van der Waals surface area contributed by atoms with E-state index in [1.54, 1.807) is 5.06 Å². The summed E-state index contributed by atoms with van der Waals surface area (Å²) in [6.07, 6.45) is -5.08. The average Bonchev–Trinajstić information content (AvgIpc) is 2.80. The van der Waals surface area contributed by atoms with Crippen LogP contribution in [-0.4, -0.2) is 34.8 Å². The van der Waals surface area contributed by atoms with Gasteiger partial charge in [0.05, 0.1) is 23.8 Å². The predicted molar refractivity (Wildman–Crippen MR) is 119 cm³/mol. The quantitative estimate of drug-likeness (QED) is 0.373. The van der Waals surface area contributed by atoms with E-state index in [4.69, 9.17) is 14.3 Å². The Bertz CT molecular complexity index is 1030. The van der Waals surface area contributed by atoms with Crippen LogP contribution < -0.4 is 14.3 Å². The molecule has 2 bridgehead atoms. The SMILES string of the molecule is CCCOc1cc(C(F)(F)F)ccc1O[C@@H]1C[C@@H]2CC[C@@H](C)[C@H](C1)N2Oc1ccc(C(F)(F)F)cn1. The summed E-state index contributed by atoms with van der Waals surface area (Å²) in [5.41, 5.74) is -1.66. The van der Waals surface area contributed by atoms with E-state index in [-0.39, 0.29) is 48.1 Å². The van der Waals surface area contributed by atoms with Gasteiger partial charge in [-0.2, -0.15) is 26.3 Å². The van der Waals surface area contributed by atoms with Gasteiger partial charge in [-0.05, 0) is 49.4 Å². The predicted octanol–water partition coefficient (Wildman–Crippen LogP) is 6.91. The second-order valence-electron chi connectivity index (χ2n) is 9.33. The molecule has 3 heterocycles. The lowest BCUT2D eigenvalue weighted by molar-refractivity contribution is -0.199. The highest BCUT2D eigenvalue weighted by atomic mass is 19.4. The van der Waals surface area contributed by atoms with Gasteiger partial charge < -0.3 is 14.3 Å². The van der Waals surface area contributed by atoms with Gasteiger partial charge in [-0.25, -0.2) is 4.98 Å². The van der Waals surface area contributed by atoms with Gasteiger partial charge in [-0.3, -0.25) is 0 Å². The summed E-state index contributed by atoms with van der Waals surface area (Å²) in [5, 5.41) is 1.80. The lowest BCUT2D eigenvalue weighted by Gasteiger charge is -2.49. The first-order valence-electron chi connectivity index (χ1n) is 12.0. The molecule has 2 fully saturated rings. The van der Waals surface area contributed by atoms with Crippen molar-refractivity contribution in [2.45, 2.75) is 76.5 Å². The first-order chi connectivity index (χ1) is 17.0. The van der Waals surface area contributed by atoms with E-state index >= 15 is 0 Å². The molecule has 0 spiro atoms. The molecule has 0 unspecified atom stereocenters. The number of piperidine rings is 2. The third kappa shape index (κ3) is 5.99. The van der Waals surface area contributed by atoms with Crippen LogP contribution in [0.5, 0.6) is 17.4 Å². The van der Waals surface area contributed by atoms with E-state index in [9.17, 15) is 26.3 Å². The van der Waals surface area contributed by atoms with Crippen molar-refractivity contribution >= 4 is 0 Å². The van der Waals surface area contributed by atoms with Crippen molar-refractivity contribution in [1.29, 1.82) is 0 Å². The highest BCUT2D eigenvalue weighted by molar-refractivity contribution is 5.44. The van der Waals surface area contributed by atoms with Crippen molar-refractivity contribution in [1.82, 2.24) is 10.0 Å². The summed E-state index contributed by atoms with van der Waals surface area (Å²) in [5.74, 6) is 0.596. The first kappa shape index (κ1) is 26.4. The molecular weight excluding hydrogens is 490 g/mol. The fourth-order valence-corrected chi connectivity index (χ4v) is 4.76. The number of alkyl halides is 6. The number of rotatable bonds is 7.